The van der Waals surface area contributed by atoms with Crippen LogP contribution in [0.1, 0.15) is 63.3 Å². The summed E-state index contributed by atoms with van der Waals surface area (Å²) in [6, 6.07) is 6.80. The van der Waals surface area contributed by atoms with Gasteiger partial charge in [0.25, 0.3) is 17.7 Å². The minimum atomic E-state index is -0.445. The zero-order valence-electron chi connectivity index (χ0n) is 19.4. The van der Waals surface area contributed by atoms with Gasteiger partial charge in [-0.3, -0.25) is 14.4 Å². The largest absolute Gasteiger partial charge is 0.385 e. The molecule has 1 saturated heterocycles. The number of thiophene rings is 1. The van der Waals surface area contributed by atoms with Crippen LogP contribution in [0.15, 0.2) is 24.3 Å². The molecule has 1 fully saturated rings. The smallest absolute Gasteiger partial charge is 0.256 e. The number of benzene rings is 1. The van der Waals surface area contributed by atoms with Crippen molar-refractivity contribution in [3.63, 3.8) is 0 Å². The molecular formula is C25H31N3O5S. The number of methoxy groups -OCH3 is 1. The fourth-order valence-electron chi connectivity index (χ4n) is 4.32. The first-order valence-corrected chi connectivity index (χ1v) is 12.6. The zero-order chi connectivity index (χ0) is 23.9. The second-order valence-electron chi connectivity index (χ2n) is 8.54. The van der Waals surface area contributed by atoms with Crippen molar-refractivity contribution in [3.8, 4) is 0 Å². The highest BCUT2D eigenvalue weighted by atomic mass is 32.1. The molecule has 1 unspecified atom stereocenters. The van der Waals surface area contributed by atoms with E-state index in [-0.39, 0.29) is 17.7 Å². The molecule has 0 radical (unpaired) electrons. The van der Waals surface area contributed by atoms with E-state index in [1.807, 2.05) is 0 Å². The Kier molecular flexibility index (Phi) is 8.31. The molecular weight excluding hydrogens is 454 g/mol. The molecule has 182 valence electrons. The van der Waals surface area contributed by atoms with E-state index in [4.69, 9.17) is 9.47 Å². The maximum absolute atomic E-state index is 13.1. The number of hydrogen-bond acceptors (Lipinski definition) is 6. The van der Waals surface area contributed by atoms with Gasteiger partial charge < -0.3 is 25.4 Å². The maximum Gasteiger partial charge on any atom is 0.256 e. The first kappa shape index (κ1) is 24.4. The molecule has 8 nitrogen and oxygen atoms in total. The van der Waals surface area contributed by atoms with Gasteiger partial charge in [0.2, 0.25) is 0 Å². The Hall–Kier alpha value is -2.75. The molecule has 0 bridgehead atoms. The second-order valence-corrected chi connectivity index (χ2v) is 9.65. The van der Waals surface area contributed by atoms with Gasteiger partial charge in [0.05, 0.1) is 5.56 Å². The fourth-order valence-corrected chi connectivity index (χ4v) is 5.60. The van der Waals surface area contributed by atoms with Gasteiger partial charge in [-0.15, -0.1) is 11.3 Å². The summed E-state index contributed by atoms with van der Waals surface area (Å²) < 4.78 is 10.5. The Morgan fingerprint density at radius 2 is 1.97 bits per heavy atom. The second kappa shape index (κ2) is 11.6. The third-order valence-corrected chi connectivity index (χ3v) is 7.26. The molecule has 9 heteroatoms. The summed E-state index contributed by atoms with van der Waals surface area (Å²) in [7, 11) is 1.63. The van der Waals surface area contributed by atoms with Crippen molar-refractivity contribution in [3.05, 3.63) is 45.8 Å². The average Bonchev–Trinajstić information content (AvgIpc) is 3.50. The van der Waals surface area contributed by atoms with Crippen LogP contribution >= 0.6 is 11.3 Å². The molecule has 2 aromatic rings. The molecule has 1 aromatic carbocycles. The number of rotatable bonds is 9. The van der Waals surface area contributed by atoms with Crippen molar-refractivity contribution in [2.45, 2.75) is 51.0 Å². The van der Waals surface area contributed by atoms with Crippen molar-refractivity contribution in [1.29, 1.82) is 0 Å². The van der Waals surface area contributed by atoms with E-state index < -0.39 is 6.10 Å². The predicted octanol–water partition coefficient (Wildman–Crippen LogP) is 3.76. The van der Waals surface area contributed by atoms with Gasteiger partial charge in [0.15, 0.2) is 0 Å². The van der Waals surface area contributed by atoms with Crippen molar-refractivity contribution >= 4 is 39.7 Å². The van der Waals surface area contributed by atoms with Gasteiger partial charge in [0.1, 0.15) is 11.1 Å². The molecule has 34 heavy (non-hydrogen) atoms. The normalized spacial score (nSPS) is 17.1. The van der Waals surface area contributed by atoms with Gasteiger partial charge in [-0.05, 0) is 68.7 Å². The molecule has 0 saturated carbocycles. The zero-order valence-corrected chi connectivity index (χ0v) is 20.2. The van der Waals surface area contributed by atoms with E-state index in [9.17, 15) is 14.4 Å². The monoisotopic (exact) mass is 485 g/mol. The van der Waals surface area contributed by atoms with Crippen LogP contribution in [0.3, 0.4) is 0 Å². The number of amides is 3. The highest BCUT2D eigenvalue weighted by Crippen LogP contribution is 2.38. The Morgan fingerprint density at radius 1 is 1.12 bits per heavy atom. The van der Waals surface area contributed by atoms with Crippen molar-refractivity contribution in [1.82, 2.24) is 5.32 Å². The van der Waals surface area contributed by atoms with E-state index in [2.05, 4.69) is 16.0 Å². The number of fused-ring (bicyclic) bond motifs is 1. The molecule has 1 atom stereocenters. The molecule has 1 aromatic heterocycles. The van der Waals surface area contributed by atoms with Crippen molar-refractivity contribution < 1.29 is 23.9 Å². The highest BCUT2D eigenvalue weighted by molar-refractivity contribution is 7.17. The third kappa shape index (κ3) is 5.84. The molecule has 3 N–H and O–H groups in total. The lowest BCUT2D eigenvalue weighted by Crippen LogP contribution is -2.27. The number of ether oxygens (including phenoxy) is 2. The van der Waals surface area contributed by atoms with E-state index in [1.54, 1.807) is 31.4 Å². The summed E-state index contributed by atoms with van der Waals surface area (Å²) in [5, 5.41) is 9.33. The SMILES string of the molecule is COCCCNC(=O)c1c(NC(=O)c2cccc(NC(=O)C3CCCO3)c2)sc2c1CCCC2. The maximum atomic E-state index is 13.1. The molecule has 1 aliphatic heterocycles. The quantitative estimate of drug-likeness (QED) is 0.469. The molecule has 0 spiro atoms. The van der Waals surface area contributed by atoms with Crippen molar-refractivity contribution in [2.24, 2.45) is 0 Å². The molecule has 2 aliphatic rings. The molecule has 4 rings (SSSR count). The van der Waals surface area contributed by atoms with E-state index in [1.165, 1.54) is 16.2 Å². The van der Waals surface area contributed by atoms with Gasteiger partial charge in [-0.1, -0.05) is 6.07 Å². The van der Waals surface area contributed by atoms with Gasteiger partial charge >= 0.3 is 0 Å². The van der Waals surface area contributed by atoms with Crippen LogP contribution in [0.5, 0.6) is 0 Å². The lowest BCUT2D eigenvalue weighted by Gasteiger charge is -2.13. The Balaban J connectivity index is 1.48. The van der Waals surface area contributed by atoms with Gasteiger partial charge in [-0.25, -0.2) is 0 Å². The minimum absolute atomic E-state index is 0.164. The summed E-state index contributed by atoms with van der Waals surface area (Å²) in [5.41, 5.74) is 2.57. The Morgan fingerprint density at radius 3 is 2.76 bits per heavy atom. The summed E-state index contributed by atoms with van der Waals surface area (Å²) in [4.78, 5) is 39.7. The third-order valence-electron chi connectivity index (χ3n) is 6.05. The topological polar surface area (TPSA) is 106 Å². The lowest BCUT2D eigenvalue weighted by molar-refractivity contribution is -0.124. The molecule has 2 heterocycles. The number of nitrogens with one attached hydrogen (secondary N) is 3. The molecule has 1 aliphatic carbocycles. The lowest BCUT2D eigenvalue weighted by atomic mass is 9.95. The van der Waals surface area contributed by atoms with E-state index in [0.717, 1.165) is 44.1 Å². The van der Waals surface area contributed by atoms with Crippen LogP contribution < -0.4 is 16.0 Å². The molecule has 3 amide bonds. The van der Waals surface area contributed by atoms with Crippen LogP contribution in [-0.4, -0.2) is 50.7 Å². The standard InChI is InChI=1S/C25H31N3O5S/c1-32-13-6-12-26-24(31)21-18-9-2-3-11-20(18)34-25(21)28-22(29)16-7-4-8-17(15-16)27-23(30)19-10-5-14-33-19/h4,7-8,15,19H,2-3,5-6,9-14H2,1H3,(H,26,31)(H,27,30)(H,28,29). The van der Waals surface area contributed by atoms with Crippen LogP contribution in [0.4, 0.5) is 10.7 Å². The predicted molar refractivity (Wildman–Crippen MR) is 132 cm³/mol. The van der Waals surface area contributed by atoms with E-state index >= 15 is 0 Å². The first-order chi connectivity index (χ1) is 16.6. The van der Waals surface area contributed by atoms with E-state index in [0.29, 0.717) is 48.0 Å². The summed E-state index contributed by atoms with van der Waals surface area (Å²) in [6.07, 6.45) is 5.73. The van der Waals surface area contributed by atoms with Crippen LogP contribution in [-0.2, 0) is 27.1 Å². The number of carbonyl (C=O) groups excluding carboxylic acids is 3. The summed E-state index contributed by atoms with van der Waals surface area (Å²) in [6.45, 7) is 1.68. The van der Waals surface area contributed by atoms with Gasteiger partial charge in [-0.2, -0.15) is 0 Å². The van der Waals surface area contributed by atoms with Gasteiger partial charge in [0, 0.05) is 43.0 Å². The number of aryl methyl sites for hydroxylation is 1. The fraction of sp³-hybridized carbons (Fsp3) is 0.480. The van der Waals surface area contributed by atoms with Crippen LogP contribution in [0.25, 0.3) is 0 Å². The van der Waals surface area contributed by atoms with Crippen LogP contribution in [0, 0.1) is 0 Å². The number of hydrogen-bond donors (Lipinski definition) is 3. The van der Waals surface area contributed by atoms with Crippen LogP contribution in [0.2, 0.25) is 0 Å². The number of anilines is 2. The van der Waals surface area contributed by atoms with Crippen molar-refractivity contribution in [2.75, 3.05) is 37.5 Å². The first-order valence-electron chi connectivity index (χ1n) is 11.8. The average molecular weight is 486 g/mol. The Bertz CT molecular complexity index is 1050. The highest BCUT2D eigenvalue weighted by Gasteiger charge is 2.27. The minimum Gasteiger partial charge on any atom is -0.385 e. The number of carbonyl (C=O) groups is 3. The summed E-state index contributed by atoms with van der Waals surface area (Å²) in [5.74, 6) is -0.683. The summed E-state index contributed by atoms with van der Waals surface area (Å²) >= 11 is 1.48. The Labute approximate surface area is 203 Å².